The van der Waals surface area contributed by atoms with E-state index in [2.05, 4.69) is 11.4 Å². The molecule has 0 aliphatic carbocycles. The minimum atomic E-state index is -1.01. The summed E-state index contributed by atoms with van der Waals surface area (Å²) in [5.74, 6) is -0.697. The van der Waals surface area contributed by atoms with Gasteiger partial charge in [-0.2, -0.15) is 5.26 Å². The van der Waals surface area contributed by atoms with Crippen molar-refractivity contribution in [1.29, 1.82) is 5.26 Å². The molecule has 3 nitrogen and oxygen atoms in total. The van der Waals surface area contributed by atoms with Crippen LogP contribution in [0, 0.1) is 22.6 Å². The molecule has 0 heterocycles. The van der Waals surface area contributed by atoms with Crippen LogP contribution in [0.15, 0.2) is 24.3 Å². The molecule has 0 fully saturated rings. The van der Waals surface area contributed by atoms with Gasteiger partial charge in [0.25, 0.3) is 0 Å². The molecule has 0 aliphatic heterocycles. The van der Waals surface area contributed by atoms with Gasteiger partial charge in [0.05, 0.1) is 6.07 Å². The summed E-state index contributed by atoms with van der Waals surface area (Å²) in [5.41, 5.74) is -0.507. The first-order valence-electron chi connectivity index (χ1n) is 5.56. The van der Waals surface area contributed by atoms with Crippen LogP contribution in [-0.4, -0.2) is 5.91 Å². The van der Waals surface area contributed by atoms with E-state index < -0.39 is 5.41 Å². The number of halogens is 1. The molecule has 4 heteroatoms. The van der Waals surface area contributed by atoms with E-state index in [9.17, 15) is 9.18 Å². The Balaban J connectivity index is 2.85. The van der Waals surface area contributed by atoms with Gasteiger partial charge in [-0.15, -0.1) is 0 Å². The summed E-state index contributed by atoms with van der Waals surface area (Å²) in [7, 11) is 0. The number of nitrogens with zero attached hydrogens (tertiary/aromatic N) is 1. The molecular formula is C13H15FN2O. The van der Waals surface area contributed by atoms with Gasteiger partial charge in [0, 0.05) is 5.69 Å². The maximum atomic E-state index is 12.7. The number of carbonyl (C=O) groups is 1. The molecule has 90 valence electrons. The van der Waals surface area contributed by atoms with Gasteiger partial charge in [-0.05, 0) is 37.1 Å². The van der Waals surface area contributed by atoms with Crippen LogP contribution in [0.3, 0.4) is 0 Å². The third kappa shape index (κ3) is 2.82. The van der Waals surface area contributed by atoms with Crippen molar-refractivity contribution in [3.63, 3.8) is 0 Å². The molecule has 0 unspecified atom stereocenters. The van der Waals surface area contributed by atoms with Crippen molar-refractivity contribution < 1.29 is 9.18 Å². The Morgan fingerprint density at radius 1 is 1.35 bits per heavy atom. The summed E-state index contributed by atoms with van der Waals surface area (Å²) in [6, 6.07) is 7.54. The zero-order valence-corrected chi connectivity index (χ0v) is 9.96. The first-order chi connectivity index (χ1) is 8.07. The van der Waals surface area contributed by atoms with Crippen LogP contribution < -0.4 is 5.32 Å². The van der Waals surface area contributed by atoms with Gasteiger partial charge in [0.2, 0.25) is 5.91 Å². The predicted octanol–water partition coefficient (Wildman–Crippen LogP) is 3.09. The molecule has 17 heavy (non-hydrogen) atoms. The average Bonchev–Trinajstić information content (AvgIpc) is 2.35. The second-order valence-electron chi connectivity index (χ2n) is 3.86. The number of benzene rings is 1. The van der Waals surface area contributed by atoms with E-state index in [0.29, 0.717) is 18.5 Å². The topological polar surface area (TPSA) is 52.9 Å². The standard InChI is InChI=1S/C13H15FN2O/c1-3-13(4-2,9-15)12(17)16-11-7-5-10(14)6-8-11/h5-8H,3-4H2,1-2H3,(H,16,17). The molecular weight excluding hydrogens is 219 g/mol. The molecule has 1 aromatic rings. The predicted molar refractivity (Wildman–Crippen MR) is 63.7 cm³/mol. The van der Waals surface area contributed by atoms with Crippen LogP contribution >= 0.6 is 0 Å². The number of hydrogen-bond acceptors (Lipinski definition) is 2. The third-order valence-corrected chi connectivity index (χ3v) is 2.96. The molecule has 0 saturated heterocycles. The normalized spacial score (nSPS) is 10.7. The Labute approximate surface area is 100 Å². The molecule has 0 spiro atoms. The lowest BCUT2D eigenvalue weighted by Crippen LogP contribution is -2.33. The van der Waals surface area contributed by atoms with Crippen molar-refractivity contribution in [2.45, 2.75) is 26.7 Å². The van der Waals surface area contributed by atoms with Crippen molar-refractivity contribution in [3.05, 3.63) is 30.1 Å². The van der Waals surface area contributed by atoms with Gasteiger partial charge in [-0.3, -0.25) is 4.79 Å². The van der Waals surface area contributed by atoms with Crippen LogP contribution in [0.5, 0.6) is 0 Å². The van der Waals surface area contributed by atoms with Gasteiger partial charge in [-0.25, -0.2) is 4.39 Å². The summed E-state index contributed by atoms with van der Waals surface area (Å²) < 4.78 is 12.7. The maximum absolute atomic E-state index is 12.7. The molecule has 1 aromatic carbocycles. The fraction of sp³-hybridized carbons (Fsp3) is 0.385. The maximum Gasteiger partial charge on any atom is 0.244 e. The molecule has 0 saturated carbocycles. The number of anilines is 1. The SMILES string of the molecule is CCC(C#N)(CC)C(=O)Nc1ccc(F)cc1. The van der Waals surface area contributed by atoms with Gasteiger partial charge >= 0.3 is 0 Å². The molecule has 0 aliphatic rings. The number of nitriles is 1. The summed E-state index contributed by atoms with van der Waals surface area (Å²) in [5, 5.41) is 11.7. The van der Waals surface area contributed by atoms with E-state index in [-0.39, 0.29) is 11.7 Å². The largest absolute Gasteiger partial charge is 0.325 e. The van der Waals surface area contributed by atoms with Crippen LogP contribution in [-0.2, 0) is 4.79 Å². The van der Waals surface area contributed by atoms with Crippen LogP contribution in [0.4, 0.5) is 10.1 Å². The Morgan fingerprint density at radius 3 is 2.29 bits per heavy atom. The fourth-order valence-electron chi connectivity index (χ4n) is 1.56. The Kier molecular flexibility index (Phi) is 4.22. The average molecular weight is 234 g/mol. The lowest BCUT2D eigenvalue weighted by atomic mass is 9.83. The van der Waals surface area contributed by atoms with E-state index in [1.54, 1.807) is 13.8 Å². The first-order valence-corrected chi connectivity index (χ1v) is 5.56. The molecule has 0 atom stereocenters. The van der Waals surface area contributed by atoms with Crippen molar-refractivity contribution in [1.82, 2.24) is 0 Å². The van der Waals surface area contributed by atoms with Crippen LogP contribution in [0.2, 0.25) is 0 Å². The smallest absolute Gasteiger partial charge is 0.244 e. The van der Waals surface area contributed by atoms with E-state index in [1.807, 2.05) is 0 Å². The number of nitrogens with one attached hydrogen (secondary N) is 1. The molecule has 0 bridgehead atoms. The summed E-state index contributed by atoms with van der Waals surface area (Å²) >= 11 is 0. The van der Waals surface area contributed by atoms with Crippen molar-refractivity contribution in [2.75, 3.05) is 5.32 Å². The lowest BCUT2D eigenvalue weighted by Gasteiger charge is -2.22. The number of carbonyl (C=O) groups excluding carboxylic acids is 1. The highest BCUT2D eigenvalue weighted by molar-refractivity contribution is 5.97. The fourth-order valence-corrected chi connectivity index (χ4v) is 1.56. The summed E-state index contributed by atoms with van der Waals surface area (Å²) in [6.45, 7) is 3.61. The minimum absolute atomic E-state index is 0.336. The molecule has 0 aromatic heterocycles. The third-order valence-electron chi connectivity index (χ3n) is 2.96. The highest BCUT2D eigenvalue weighted by atomic mass is 19.1. The molecule has 1 rings (SSSR count). The Bertz CT molecular complexity index is 430. The zero-order chi connectivity index (χ0) is 12.9. The van der Waals surface area contributed by atoms with Crippen molar-refractivity contribution in [2.24, 2.45) is 5.41 Å². The number of rotatable bonds is 4. The number of amides is 1. The number of hydrogen-bond donors (Lipinski definition) is 1. The van der Waals surface area contributed by atoms with E-state index >= 15 is 0 Å². The zero-order valence-electron chi connectivity index (χ0n) is 9.96. The quantitative estimate of drug-likeness (QED) is 0.870. The van der Waals surface area contributed by atoms with Gasteiger partial charge in [0.15, 0.2) is 0 Å². The summed E-state index contributed by atoms with van der Waals surface area (Å²) in [4.78, 5) is 12.0. The Morgan fingerprint density at radius 2 is 1.88 bits per heavy atom. The van der Waals surface area contributed by atoms with Crippen molar-refractivity contribution in [3.8, 4) is 6.07 Å². The monoisotopic (exact) mass is 234 g/mol. The summed E-state index contributed by atoms with van der Waals surface area (Å²) in [6.07, 6.45) is 0.903. The van der Waals surface area contributed by atoms with Gasteiger partial charge in [0.1, 0.15) is 11.2 Å². The van der Waals surface area contributed by atoms with Crippen molar-refractivity contribution >= 4 is 11.6 Å². The van der Waals surface area contributed by atoms with Gasteiger partial charge in [-0.1, -0.05) is 13.8 Å². The highest BCUT2D eigenvalue weighted by Crippen LogP contribution is 2.27. The Hall–Kier alpha value is -1.89. The van der Waals surface area contributed by atoms with E-state index in [1.165, 1.54) is 24.3 Å². The van der Waals surface area contributed by atoms with E-state index in [0.717, 1.165) is 0 Å². The lowest BCUT2D eigenvalue weighted by molar-refractivity contribution is -0.123. The highest BCUT2D eigenvalue weighted by Gasteiger charge is 2.34. The van der Waals surface area contributed by atoms with E-state index in [4.69, 9.17) is 5.26 Å². The van der Waals surface area contributed by atoms with Crippen LogP contribution in [0.1, 0.15) is 26.7 Å². The minimum Gasteiger partial charge on any atom is -0.325 e. The molecule has 0 radical (unpaired) electrons. The van der Waals surface area contributed by atoms with Gasteiger partial charge < -0.3 is 5.32 Å². The first kappa shape index (κ1) is 13.2. The van der Waals surface area contributed by atoms with Crippen LogP contribution in [0.25, 0.3) is 0 Å². The molecule has 1 N–H and O–H groups in total. The second-order valence-corrected chi connectivity index (χ2v) is 3.86. The molecule has 1 amide bonds. The second kappa shape index (κ2) is 5.44.